The van der Waals surface area contributed by atoms with Crippen molar-refractivity contribution in [3.8, 4) is 39.1 Å². The van der Waals surface area contributed by atoms with Gasteiger partial charge in [0.25, 0.3) is 0 Å². The van der Waals surface area contributed by atoms with Gasteiger partial charge in [0.05, 0.1) is 16.7 Å². The third-order valence-corrected chi connectivity index (χ3v) is 11.5. The molecule has 0 N–H and O–H groups in total. The standard InChI is InChI=1S/C56H38N2/c1-2-13-39(14-3-1)41-25-28-43(29-26-41)51-21-8-10-23-54(51)57(48-33-31-42(32-34-48)47-30-27-40-15-4-5-16-44(40)35-47)49-19-12-20-50(38-49)58-55-24-11-9-22-52(55)53-36-45-17-6-7-18-46(45)37-56(53)58/h1-38H. The number of aromatic nitrogens is 1. The first-order valence-corrected chi connectivity index (χ1v) is 19.9. The van der Waals surface area contributed by atoms with Crippen LogP contribution >= 0.6 is 0 Å². The third kappa shape index (κ3) is 5.91. The molecule has 0 fully saturated rings. The Kier molecular flexibility index (Phi) is 8.19. The van der Waals surface area contributed by atoms with E-state index in [4.69, 9.17) is 0 Å². The average Bonchev–Trinajstić information content (AvgIpc) is 3.62. The van der Waals surface area contributed by atoms with Crippen LogP contribution in [0.3, 0.4) is 0 Å². The molecular formula is C56H38N2. The maximum atomic E-state index is 2.43. The summed E-state index contributed by atoms with van der Waals surface area (Å²) in [7, 11) is 0. The molecule has 0 amide bonds. The highest BCUT2D eigenvalue weighted by molar-refractivity contribution is 6.13. The summed E-state index contributed by atoms with van der Waals surface area (Å²) >= 11 is 0. The van der Waals surface area contributed by atoms with Crippen molar-refractivity contribution in [3.05, 3.63) is 231 Å². The highest BCUT2D eigenvalue weighted by Crippen LogP contribution is 2.43. The van der Waals surface area contributed by atoms with Gasteiger partial charge in [-0.1, -0.05) is 170 Å². The van der Waals surface area contributed by atoms with Crippen molar-refractivity contribution in [1.82, 2.24) is 4.57 Å². The number of nitrogens with zero attached hydrogens (tertiary/aromatic N) is 2. The van der Waals surface area contributed by atoms with Crippen LogP contribution in [0.1, 0.15) is 0 Å². The monoisotopic (exact) mass is 738 g/mol. The van der Waals surface area contributed by atoms with Crippen molar-refractivity contribution in [2.24, 2.45) is 0 Å². The summed E-state index contributed by atoms with van der Waals surface area (Å²) in [5.74, 6) is 0. The zero-order valence-electron chi connectivity index (χ0n) is 31.8. The minimum Gasteiger partial charge on any atom is -0.310 e. The molecule has 0 bridgehead atoms. The van der Waals surface area contributed by atoms with Crippen molar-refractivity contribution in [3.63, 3.8) is 0 Å². The second-order valence-corrected chi connectivity index (χ2v) is 15.0. The lowest BCUT2D eigenvalue weighted by Gasteiger charge is -2.28. The number of benzene rings is 10. The van der Waals surface area contributed by atoms with E-state index in [0.29, 0.717) is 0 Å². The van der Waals surface area contributed by atoms with E-state index in [1.165, 1.54) is 71.2 Å². The molecule has 0 saturated carbocycles. The van der Waals surface area contributed by atoms with E-state index in [0.717, 1.165) is 28.3 Å². The van der Waals surface area contributed by atoms with E-state index >= 15 is 0 Å². The van der Waals surface area contributed by atoms with E-state index in [1.807, 2.05) is 0 Å². The lowest BCUT2D eigenvalue weighted by atomic mass is 9.98. The van der Waals surface area contributed by atoms with Crippen LogP contribution in [-0.4, -0.2) is 4.57 Å². The smallest absolute Gasteiger partial charge is 0.0547 e. The SMILES string of the molecule is c1ccc(-c2ccc(-c3ccccc3N(c3ccc(-c4ccc5ccccc5c4)cc3)c3cccc(-n4c5ccccc5c5cc6ccccc6cc54)c3)cc2)cc1. The van der Waals surface area contributed by atoms with Crippen molar-refractivity contribution < 1.29 is 0 Å². The maximum Gasteiger partial charge on any atom is 0.0547 e. The summed E-state index contributed by atoms with van der Waals surface area (Å²) in [6.45, 7) is 0. The fraction of sp³-hybridized carbons (Fsp3) is 0. The van der Waals surface area contributed by atoms with E-state index < -0.39 is 0 Å². The number of anilines is 3. The Labute approximate surface area is 338 Å². The van der Waals surface area contributed by atoms with Gasteiger partial charge in [-0.25, -0.2) is 0 Å². The van der Waals surface area contributed by atoms with Crippen LogP contribution in [0.5, 0.6) is 0 Å². The molecule has 1 heterocycles. The van der Waals surface area contributed by atoms with E-state index in [9.17, 15) is 0 Å². The van der Waals surface area contributed by atoms with Gasteiger partial charge in [0, 0.05) is 33.4 Å². The van der Waals surface area contributed by atoms with Crippen LogP contribution in [0.2, 0.25) is 0 Å². The normalized spacial score (nSPS) is 11.4. The summed E-state index contributed by atoms with van der Waals surface area (Å²) in [6.07, 6.45) is 0. The van der Waals surface area contributed by atoms with Gasteiger partial charge in [0.1, 0.15) is 0 Å². The van der Waals surface area contributed by atoms with E-state index in [2.05, 4.69) is 240 Å². The number of fused-ring (bicyclic) bond motifs is 5. The van der Waals surface area contributed by atoms with Gasteiger partial charge < -0.3 is 9.47 Å². The van der Waals surface area contributed by atoms with Crippen molar-refractivity contribution >= 4 is 60.4 Å². The summed E-state index contributed by atoms with van der Waals surface area (Å²) in [4.78, 5) is 2.41. The van der Waals surface area contributed by atoms with Crippen LogP contribution in [0.4, 0.5) is 17.1 Å². The first kappa shape index (κ1) is 33.6. The fourth-order valence-corrected chi connectivity index (χ4v) is 8.69. The van der Waals surface area contributed by atoms with Crippen molar-refractivity contribution in [2.75, 3.05) is 4.90 Å². The molecule has 0 saturated heterocycles. The Morgan fingerprint density at radius 3 is 1.69 bits per heavy atom. The zero-order valence-corrected chi connectivity index (χ0v) is 31.8. The Balaban J connectivity index is 1.08. The van der Waals surface area contributed by atoms with Gasteiger partial charge in [-0.05, 0) is 110 Å². The summed E-state index contributed by atoms with van der Waals surface area (Å²) < 4.78 is 2.43. The van der Waals surface area contributed by atoms with Gasteiger partial charge >= 0.3 is 0 Å². The molecular weight excluding hydrogens is 701 g/mol. The molecule has 58 heavy (non-hydrogen) atoms. The van der Waals surface area contributed by atoms with Gasteiger partial charge in [0.15, 0.2) is 0 Å². The van der Waals surface area contributed by atoms with Crippen LogP contribution < -0.4 is 4.90 Å². The molecule has 2 nitrogen and oxygen atoms in total. The molecule has 11 aromatic rings. The highest BCUT2D eigenvalue weighted by Gasteiger charge is 2.20. The molecule has 11 rings (SSSR count). The summed E-state index contributed by atoms with van der Waals surface area (Å²) in [5.41, 5.74) is 13.9. The predicted molar refractivity (Wildman–Crippen MR) is 247 cm³/mol. The van der Waals surface area contributed by atoms with Crippen LogP contribution in [0.25, 0.3) is 82.4 Å². The topological polar surface area (TPSA) is 8.17 Å². The first-order valence-electron chi connectivity index (χ1n) is 19.9. The minimum absolute atomic E-state index is 1.08. The molecule has 0 radical (unpaired) electrons. The van der Waals surface area contributed by atoms with Gasteiger partial charge in [0.2, 0.25) is 0 Å². The minimum atomic E-state index is 1.08. The largest absolute Gasteiger partial charge is 0.310 e. The Hall–Kier alpha value is -7.68. The van der Waals surface area contributed by atoms with Gasteiger partial charge in [-0.15, -0.1) is 0 Å². The van der Waals surface area contributed by atoms with Crippen LogP contribution in [-0.2, 0) is 0 Å². The maximum absolute atomic E-state index is 2.43. The Morgan fingerprint density at radius 1 is 0.293 bits per heavy atom. The molecule has 0 spiro atoms. The van der Waals surface area contributed by atoms with Crippen LogP contribution in [0, 0.1) is 0 Å². The Bertz CT molecular complexity index is 3270. The number of hydrogen-bond donors (Lipinski definition) is 0. The number of para-hydroxylation sites is 2. The van der Waals surface area contributed by atoms with Crippen LogP contribution in [0.15, 0.2) is 231 Å². The molecule has 10 aromatic carbocycles. The van der Waals surface area contributed by atoms with Crippen molar-refractivity contribution in [1.29, 1.82) is 0 Å². The Morgan fingerprint density at radius 2 is 0.879 bits per heavy atom. The summed E-state index contributed by atoms with van der Waals surface area (Å²) in [6, 6.07) is 83.8. The molecule has 0 aliphatic carbocycles. The lowest BCUT2D eigenvalue weighted by molar-refractivity contribution is 1.17. The van der Waals surface area contributed by atoms with E-state index in [-0.39, 0.29) is 0 Å². The second kappa shape index (κ2) is 14.1. The molecule has 0 atom stereocenters. The quantitative estimate of drug-likeness (QED) is 0.158. The predicted octanol–water partition coefficient (Wildman–Crippen LogP) is 15.6. The van der Waals surface area contributed by atoms with E-state index in [1.54, 1.807) is 0 Å². The van der Waals surface area contributed by atoms with Crippen molar-refractivity contribution in [2.45, 2.75) is 0 Å². The lowest BCUT2D eigenvalue weighted by Crippen LogP contribution is -2.11. The second-order valence-electron chi connectivity index (χ2n) is 15.0. The molecule has 2 heteroatoms. The molecule has 1 aromatic heterocycles. The molecule has 272 valence electrons. The molecule has 0 unspecified atom stereocenters. The number of hydrogen-bond acceptors (Lipinski definition) is 1. The van der Waals surface area contributed by atoms with Gasteiger partial charge in [-0.2, -0.15) is 0 Å². The first-order chi connectivity index (χ1) is 28.7. The fourth-order valence-electron chi connectivity index (χ4n) is 8.69. The molecule has 0 aliphatic heterocycles. The highest BCUT2D eigenvalue weighted by atomic mass is 15.1. The van der Waals surface area contributed by atoms with Gasteiger partial charge in [-0.3, -0.25) is 0 Å². The molecule has 0 aliphatic rings. The third-order valence-electron chi connectivity index (χ3n) is 11.5. The number of rotatable bonds is 7. The zero-order chi connectivity index (χ0) is 38.4. The average molecular weight is 739 g/mol. The summed E-state index contributed by atoms with van der Waals surface area (Å²) in [5, 5.41) is 7.48.